The molecular weight excluding hydrogens is 1410 g/mol. The van der Waals surface area contributed by atoms with E-state index in [0.717, 1.165) is 193 Å². The lowest BCUT2D eigenvalue weighted by Gasteiger charge is -2.21. The van der Waals surface area contributed by atoms with E-state index < -0.39 is 91.5 Å². The van der Waals surface area contributed by atoms with Crippen molar-refractivity contribution in [2.75, 3.05) is 39.6 Å². The molecule has 5 unspecified atom stereocenters. The number of phosphoric acid groups is 2. The number of carbonyl (C=O) groups excluding carboxylic acids is 3. The maximum absolute atomic E-state index is 13.0. The van der Waals surface area contributed by atoms with Crippen LogP contribution in [0.4, 0.5) is 0 Å². The molecule has 0 spiro atoms. The number of esters is 3. The third-order valence-electron chi connectivity index (χ3n) is 17.4. The van der Waals surface area contributed by atoms with E-state index in [9.17, 15) is 43.5 Å². The van der Waals surface area contributed by atoms with Crippen LogP contribution in [0, 0.1) is 0 Å². The molecule has 0 radical (unpaired) electrons. The van der Waals surface area contributed by atoms with Crippen molar-refractivity contribution >= 4 is 33.6 Å². The summed E-state index contributed by atoms with van der Waals surface area (Å²) in [6.45, 7) is 2.41. The van der Waals surface area contributed by atoms with E-state index in [1.807, 2.05) is 0 Å². The lowest BCUT2D eigenvalue weighted by molar-refractivity contribution is -0.161. The molecule has 0 bridgehead atoms. The fourth-order valence-electron chi connectivity index (χ4n) is 11.0. The molecule has 5 atom stereocenters. The molecule has 0 fully saturated rings. The predicted octanol–water partition coefficient (Wildman–Crippen LogP) is 25.5. The van der Waals surface area contributed by atoms with Crippen molar-refractivity contribution in [3.05, 3.63) is 170 Å². The maximum atomic E-state index is 13.0. The highest BCUT2D eigenvalue weighted by molar-refractivity contribution is 7.47. The third-order valence-corrected chi connectivity index (χ3v) is 19.3. The van der Waals surface area contributed by atoms with Crippen LogP contribution in [-0.4, -0.2) is 95.9 Å². The molecule has 0 aromatic carbocycles. The first-order valence-electron chi connectivity index (χ1n) is 42.4. The van der Waals surface area contributed by atoms with Crippen LogP contribution in [0.3, 0.4) is 0 Å². The minimum atomic E-state index is -4.94. The smallest absolute Gasteiger partial charge is 0.463 e. The van der Waals surface area contributed by atoms with Crippen LogP contribution in [0.1, 0.15) is 329 Å². The number of unbranched alkanes of at least 4 members (excludes halogenated alkanes) is 28. The Labute approximate surface area is 662 Å². The van der Waals surface area contributed by atoms with Crippen molar-refractivity contribution < 1.29 is 75.8 Å². The van der Waals surface area contributed by atoms with E-state index in [0.29, 0.717) is 19.3 Å². The zero-order valence-corrected chi connectivity index (χ0v) is 70.0. The second-order valence-electron chi connectivity index (χ2n) is 27.9. The molecule has 0 aromatic heterocycles. The molecule has 4 N–H and O–H groups in total. The van der Waals surface area contributed by atoms with E-state index in [1.54, 1.807) is 0 Å². The van der Waals surface area contributed by atoms with Crippen LogP contribution in [-0.2, 0) is 55.8 Å². The van der Waals surface area contributed by atoms with E-state index in [-0.39, 0.29) is 19.3 Å². The Morgan fingerprint density at radius 3 is 0.771 bits per heavy atom. The van der Waals surface area contributed by atoms with Gasteiger partial charge in [0, 0.05) is 19.3 Å². The number of carbonyl (C=O) groups is 3. The topological polar surface area (TPSA) is 231 Å². The van der Waals surface area contributed by atoms with Crippen LogP contribution in [0.15, 0.2) is 170 Å². The van der Waals surface area contributed by atoms with Crippen molar-refractivity contribution in [2.24, 2.45) is 0 Å². The maximum Gasteiger partial charge on any atom is 0.472 e. The second kappa shape index (κ2) is 82.4. The summed E-state index contributed by atoms with van der Waals surface area (Å²) in [5.74, 6) is -1.60. The summed E-state index contributed by atoms with van der Waals surface area (Å²) in [7, 11) is -9.81. The van der Waals surface area contributed by atoms with Crippen molar-refractivity contribution in [3.63, 3.8) is 0 Å². The lowest BCUT2D eigenvalue weighted by atomic mass is 10.0. The second-order valence-corrected chi connectivity index (χ2v) is 30.8. The third kappa shape index (κ3) is 83.7. The van der Waals surface area contributed by atoms with E-state index >= 15 is 0 Å². The monoisotopic (exact) mass is 1560 g/mol. The van der Waals surface area contributed by atoms with E-state index in [4.69, 9.17) is 32.3 Å². The predicted molar refractivity (Wildman–Crippen MR) is 454 cm³/mol. The first-order chi connectivity index (χ1) is 53.2. The van der Waals surface area contributed by atoms with Crippen molar-refractivity contribution in [1.29, 1.82) is 0 Å². The number of hydrogen-bond donors (Lipinski definition) is 4. The molecule has 0 aromatic rings. The van der Waals surface area contributed by atoms with Crippen LogP contribution in [0.25, 0.3) is 0 Å². The zero-order chi connectivity index (χ0) is 79.4. The quantitative estimate of drug-likeness (QED) is 0.0146. The van der Waals surface area contributed by atoms with Gasteiger partial charge in [-0.2, -0.15) is 0 Å². The fourth-order valence-corrected chi connectivity index (χ4v) is 12.6. The average Bonchev–Trinajstić information content (AvgIpc) is 0.940. The fraction of sp³-hybridized carbons (Fsp3) is 0.659. The largest absolute Gasteiger partial charge is 0.472 e. The molecule has 622 valence electrons. The van der Waals surface area contributed by atoms with Gasteiger partial charge in [0.15, 0.2) is 6.10 Å². The molecule has 0 amide bonds. The summed E-state index contributed by atoms with van der Waals surface area (Å²) >= 11 is 0. The number of rotatable bonds is 79. The molecule has 0 aliphatic heterocycles. The minimum absolute atomic E-state index is 0.0823. The highest BCUT2D eigenvalue weighted by Crippen LogP contribution is 2.45. The Hall–Kier alpha value is -5.09. The number of hydrogen-bond acceptors (Lipinski definition) is 14. The van der Waals surface area contributed by atoms with Gasteiger partial charge in [-0.15, -0.1) is 0 Å². The molecule has 0 saturated heterocycles. The molecule has 0 heterocycles. The standard InChI is InChI=1S/C91H152O16P2/c1-4-7-10-13-16-19-22-25-28-30-32-34-36-38-40-41-42-43-45-47-48-50-52-54-57-59-62-65-68-71-74-77-89(94)101-80-86(92)81-103-108(97,98)104-82-87(93)83-105-109(99,100)106-85-88(107-91(96)79-76-73-70-67-64-61-56-27-24-21-18-15-12-9-6-3)84-102-90(95)78-75-72-69-66-63-60-58-55-53-51-49-46-44-39-37-35-33-31-29-26-23-20-17-14-11-8-5-2/h7-8,10-11,16-21,25-29,32-35,38-40,42-44,49,51,56,86-88,92-93H,4-6,9,12-15,22-24,30-31,36-37,41,45-48,50,52-55,57-85H2,1-3H3,(H,97,98)(H,99,100)/b10-7-,11-8-,19-16-,20-17-,21-18-,28-25-,29-26-,34-32-,35-33-,40-38-,43-42-,44-39-,51-49-,56-27-. The summed E-state index contributed by atoms with van der Waals surface area (Å²) in [4.78, 5) is 58.8. The van der Waals surface area contributed by atoms with Gasteiger partial charge in [-0.3, -0.25) is 32.5 Å². The molecule has 109 heavy (non-hydrogen) atoms. The Kier molecular flexibility index (Phi) is 78.5. The van der Waals surface area contributed by atoms with E-state index in [2.05, 4.69) is 191 Å². The minimum Gasteiger partial charge on any atom is -0.463 e. The zero-order valence-electron chi connectivity index (χ0n) is 68.2. The van der Waals surface area contributed by atoms with Crippen LogP contribution in [0.5, 0.6) is 0 Å². The Bertz CT molecular complexity index is 2660. The van der Waals surface area contributed by atoms with Crippen molar-refractivity contribution in [1.82, 2.24) is 0 Å². The normalized spacial score (nSPS) is 14.7. The molecule has 0 aliphatic carbocycles. The summed E-state index contributed by atoms with van der Waals surface area (Å²) in [6, 6.07) is 0. The van der Waals surface area contributed by atoms with Gasteiger partial charge in [0.05, 0.1) is 26.4 Å². The number of aliphatic hydroxyl groups excluding tert-OH is 2. The average molecular weight is 1560 g/mol. The Morgan fingerprint density at radius 1 is 0.266 bits per heavy atom. The first-order valence-corrected chi connectivity index (χ1v) is 45.4. The SMILES string of the molecule is CC/C=C\C/C=C\C/C=C\C/C=C\C/C=C\C/C=C\CCCCCCCCCCCCCCC(=O)OCC(O)COP(=O)(O)OCC(O)COP(=O)(O)OCC(COC(=O)CCCCCCCCCC/C=C\C/C=C\C/C=C\C/C=C\C/C=C\C/C=C\CC)OC(=O)CCCCCCC/C=C\C/C=C\CCCCC. The molecule has 16 nitrogen and oxygen atoms in total. The number of phosphoric ester groups is 2. The molecular formula is C91H152O16P2. The number of ether oxygens (including phenoxy) is 3. The van der Waals surface area contributed by atoms with Gasteiger partial charge in [-0.25, -0.2) is 9.13 Å². The van der Waals surface area contributed by atoms with E-state index in [1.165, 1.54) is 77.0 Å². The highest BCUT2D eigenvalue weighted by atomic mass is 31.2. The van der Waals surface area contributed by atoms with Gasteiger partial charge < -0.3 is 34.2 Å². The number of allylic oxidation sites excluding steroid dienone is 28. The molecule has 0 rings (SSSR count). The molecule has 0 saturated carbocycles. The first kappa shape index (κ1) is 104. The summed E-state index contributed by atoms with van der Waals surface area (Å²) in [5.41, 5.74) is 0. The van der Waals surface area contributed by atoms with Crippen LogP contribution < -0.4 is 0 Å². The van der Waals surface area contributed by atoms with Gasteiger partial charge in [0.2, 0.25) is 0 Å². The summed E-state index contributed by atoms with van der Waals surface area (Å²) in [5, 5.41) is 20.7. The van der Waals surface area contributed by atoms with Gasteiger partial charge >= 0.3 is 33.6 Å². The molecule has 0 aliphatic rings. The molecule has 18 heteroatoms. The van der Waals surface area contributed by atoms with Gasteiger partial charge in [-0.05, 0) is 154 Å². The highest BCUT2D eigenvalue weighted by Gasteiger charge is 2.29. The summed E-state index contributed by atoms with van der Waals surface area (Å²) in [6.07, 6.45) is 105. The van der Waals surface area contributed by atoms with Gasteiger partial charge in [0.25, 0.3) is 0 Å². The summed E-state index contributed by atoms with van der Waals surface area (Å²) < 4.78 is 61.3. The van der Waals surface area contributed by atoms with Crippen molar-refractivity contribution in [3.8, 4) is 0 Å². The van der Waals surface area contributed by atoms with Crippen LogP contribution >= 0.6 is 15.6 Å². The van der Waals surface area contributed by atoms with Crippen molar-refractivity contribution in [2.45, 2.75) is 347 Å². The number of aliphatic hydroxyl groups is 2. The Morgan fingerprint density at radius 2 is 0.486 bits per heavy atom. The lowest BCUT2D eigenvalue weighted by Crippen LogP contribution is -2.30. The Balaban J connectivity index is 4.54. The van der Waals surface area contributed by atoms with Crippen LogP contribution in [0.2, 0.25) is 0 Å². The van der Waals surface area contributed by atoms with Gasteiger partial charge in [0.1, 0.15) is 25.4 Å². The van der Waals surface area contributed by atoms with Gasteiger partial charge in [-0.1, -0.05) is 326 Å².